The van der Waals surface area contributed by atoms with Gasteiger partial charge in [0.25, 0.3) is 5.69 Å². The third-order valence-corrected chi connectivity index (χ3v) is 2.24. The molecule has 0 bridgehead atoms. The second kappa shape index (κ2) is 6.02. The standard InChI is InChI=1S/C10H15N3O4/c11-9-6-8(13(16)17)5-7(1-3-14)10(9)12-2-4-15/h5-6,12,14-15H,1-4,11H2. The molecule has 0 aliphatic heterocycles. The smallest absolute Gasteiger partial charge is 0.271 e. The molecule has 7 nitrogen and oxygen atoms in total. The first-order chi connectivity index (χ1) is 8.10. The van der Waals surface area contributed by atoms with Crippen molar-refractivity contribution in [3.63, 3.8) is 0 Å². The lowest BCUT2D eigenvalue weighted by molar-refractivity contribution is -0.384. The Kier molecular flexibility index (Phi) is 4.68. The third kappa shape index (κ3) is 3.30. The highest BCUT2D eigenvalue weighted by Gasteiger charge is 2.14. The Bertz CT molecular complexity index is 409. The Hall–Kier alpha value is -1.86. The van der Waals surface area contributed by atoms with Crippen molar-refractivity contribution < 1.29 is 15.1 Å². The number of nitro benzene ring substituents is 1. The van der Waals surface area contributed by atoms with E-state index in [2.05, 4.69) is 5.32 Å². The minimum atomic E-state index is -0.535. The van der Waals surface area contributed by atoms with E-state index in [9.17, 15) is 10.1 Å². The number of anilines is 2. The van der Waals surface area contributed by atoms with Gasteiger partial charge in [-0.1, -0.05) is 0 Å². The summed E-state index contributed by atoms with van der Waals surface area (Å²) in [5, 5.41) is 31.2. The fourth-order valence-electron chi connectivity index (χ4n) is 1.53. The molecule has 1 aromatic rings. The highest BCUT2D eigenvalue weighted by Crippen LogP contribution is 2.29. The molecule has 0 unspecified atom stereocenters. The molecule has 0 fully saturated rings. The summed E-state index contributed by atoms with van der Waals surface area (Å²) in [4.78, 5) is 10.1. The maximum Gasteiger partial charge on any atom is 0.271 e. The number of aliphatic hydroxyl groups excluding tert-OH is 2. The van der Waals surface area contributed by atoms with Crippen LogP contribution < -0.4 is 11.1 Å². The van der Waals surface area contributed by atoms with Crippen molar-refractivity contribution in [3.8, 4) is 0 Å². The minimum absolute atomic E-state index is 0.0744. The molecule has 0 amide bonds. The average Bonchev–Trinajstić information content (AvgIpc) is 2.28. The van der Waals surface area contributed by atoms with Crippen LogP contribution in [0.1, 0.15) is 5.56 Å². The molecular weight excluding hydrogens is 226 g/mol. The van der Waals surface area contributed by atoms with Crippen LogP contribution in [0, 0.1) is 10.1 Å². The summed E-state index contributed by atoms with van der Waals surface area (Å²) in [6.45, 7) is 0.0871. The lowest BCUT2D eigenvalue weighted by Crippen LogP contribution is -2.11. The molecule has 0 saturated heterocycles. The van der Waals surface area contributed by atoms with Crippen LogP contribution in [-0.2, 0) is 6.42 Å². The topological polar surface area (TPSA) is 122 Å². The number of hydrogen-bond donors (Lipinski definition) is 4. The van der Waals surface area contributed by atoms with Gasteiger partial charge in [-0.2, -0.15) is 0 Å². The maximum absolute atomic E-state index is 10.7. The van der Waals surface area contributed by atoms with E-state index >= 15 is 0 Å². The number of rotatable bonds is 6. The van der Waals surface area contributed by atoms with Crippen molar-refractivity contribution in [3.05, 3.63) is 27.8 Å². The summed E-state index contributed by atoms with van der Waals surface area (Å²) in [6.07, 6.45) is 0.264. The Balaban J connectivity index is 3.12. The lowest BCUT2D eigenvalue weighted by Gasteiger charge is -2.13. The van der Waals surface area contributed by atoms with E-state index in [1.165, 1.54) is 12.1 Å². The van der Waals surface area contributed by atoms with E-state index in [1.54, 1.807) is 0 Å². The van der Waals surface area contributed by atoms with Crippen molar-refractivity contribution in [2.24, 2.45) is 0 Å². The van der Waals surface area contributed by atoms with E-state index in [0.717, 1.165) is 0 Å². The van der Waals surface area contributed by atoms with Gasteiger partial charge in [0.2, 0.25) is 0 Å². The van der Waals surface area contributed by atoms with Crippen LogP contribution in [-0.4, -0.2) is 34.9 Å². The highest BCUT2D eigenvalue weighted by atomic mass is 16.6. The van der Waals surface area contributed by atoms with Gasteiger partial charge in [-0.25, -0.2) is 0 Å². The molecule has 0 aromatic heterocycles. The summed E-state index contributed by atoms with van der Waals surface area (Å²) >= 11 is 0. The van der Waals surface area contributed by atoms with Gasteiger partial charge in [0.05, 0.1) is 22.9 Å². The van der Waals surface area contributed by atoms with E-state index in [1.807, 2.05) is 0 Å². The van der Waals surface area contributed by atoms with Crippen molar-refractivity contribution >= 4 is 17.1 Å². The van der Waals surface area contributed by atoms with Gasteiger partial charge in [-0.3, -0.25) is 10.1 Å². The summed E-state index contributed by atoms with van der Waals surface area (Å²) in [5.74, 6) is 0. The Labute approximate surface area is 98.0 Å². The van der Waals surface area contributed by atoms with E-state index in [4.69, 9.17) is 15.9 Å². The fourth-order valence-corrected chi connectivity index (χ4v) is 1.53. The van der Waals surface area contributed by atoms with Crippen LogP contribution >= 0.6 is 0 Å². The van der Waals surface area contributed by atoms with Crippen LogP contribution in [0.15, 0.2) is 12.1 Å². The summed E-state index contributed by atoms with van der Waals surface area (Å²) < 4.78 is 0. The quantitative estimate of drug-likeness (QED) is 0.319. The fraction of sp³-hybridized carbons (Fsp3) is 0.400. The number of nitrogen functional groups attached to an aromatic ring is 1. The number of non-ortho nitro benzene ring substituents is 1. The molecule has 5 N–H and O–H groups in total. The second-order valence-corrected chi connectivity index (χ2v) is 3.45. The second-order valence-electron chi connectivity index (χ2n) is 3.45. The van der Waals surface area contributed by atoms with Crippen LogP contribution in [0.3, 0.4) is 0 Å². The predicted octanol–water partition coefficient (Wildman–Crippen LogP) is 0.116. The Morgan fingerprint density at radius 1 is 1.35 bits per heavy atom. The normalized spacial score (nSPS) is 10.2. The van der Waals surface area contributed by atoms with E-state index in [0.29, 0.717) is 17.8 Å². The summed E-state index contributed by atoms with van der Waals surface area (Å²) in [6, 6.07) is 2.62. The van der Waals surface area contributed by atoms with E-state index < -0.39 is 4.92 Å². The largest absolute Gasteiger partial charge is 0.397 e. The van der Waals surface area contributed by atoms with Gasteiger partial charge < -0.3 is 21.3 Å². The highest BCUT2D eigenvalue weighted by molar-refractivity contribution is 5.73. The molecular formula is C10H15N3O4. The van der Waals surface area contributed by atoms with Gasteiger partial charge >= 0.3 is 0 Å². The minimum Gasteiger partial charge on any atom is -0.397 e. The molecule has 7 heteroatoms. The molecule has 0 atom stereocenters. The molecule has 1 rings (SSSR count). The van der Waals surface area contributed by atoms with Crippen molar-refractivity contribution in [2.45, 2.75) is 6.42 Å². The first kappa shape index (κ1) is 13.2. The van der Waals surface area contributed by atoms with Gasteiger partial charge in [-0.15, -0.1) is 0 Å². The van der Waals surface area contributed by atoms with Crippen LogP contribution in [0.25, 0.3) is 0 Å². The predicted molar refractivity (Wildman–Crippen MR) is 63.9 cm³/mol. The average molecular weight is 241 g/mol. The molecule has 0 radical (unpaired) electrons. The third-order valence-electron chi connectivity index (χ3n) is 2.24. The number of aliphatic hydroxyl groups is 2. The number of nitrogens with two attached hydrogens (primary N) is 1. The van der Waals surface area contributed by atoms with Crippen molar-refractivity contribution in [1.29, 1.82) is 0 Å². The zero-order valence-corrected chi connectivity index (χ0v) is 9.22. The summed E-state index contributed by atoms with van der Waals surface area (Å²) in [5.41, 5.74) is 6.91. The first-order valence-corrected chi connectivity index (χ1v) is 5.12. The molecule has 0 aliphatic carbocycles. The van der Waals surface area contributed by atoms with Gasteiger partial charge in [0.1, 0.15) is 0 Å². The molecule has 0 heterocycles. The Morgan fingerprint density at radius 2 is 2.06 bits per heavy atom. The van der Waals surface area contributed by atoms with E-state index in [-0.39, 0.29) is 31.0 Å². The Morgan fingerprint density at radius 3 is 2.59 bits per heavy atom. The van der Waals surface area contributed by atoms with Crippen molar-refractivity contribution in [2.75, 3.05) is 30.8 Å². The van der Waals surface area contributed by atoms with Crippen LogP contribution in [0.5, 0.6) is 0 Å². The number of benzene rings is 1. The zero-order chi connectivity index (χ0) is 12.8. The zero-order valence-electron chi connectivity index (χ0n) is 9.22. The molecule has 0 spiro atoms. The molecule has 0 saturated carbocycles. The van der Waals surface area contributed by atoms with Gasteiger partial charge in [-0.05, 0) is 12.0 Å². The molecule has 1 aromatic carbocycles. The van der Waals surface area contributed by atoms with Crippen LogP contribution in [0.4, 0.5) is 17.1 Å². The number of nitrogens with one attached hydrogen (secondary N) is 1. The summed E-state index contributed by atoms with van der Waals surface area (Å²) in [7, 11) is 0. The first-order valence-electron chi connectivity index (χ1n) is 5.12. The number of hydrogen-bond acceptors (Lipinski definition) is 6. The van der Waals surface area contributed by atoms with Crippen LogP contribution in [0.2, 0.25) is 0 Å². The van der Waals surface area contributed by atoms with Crippen molar-refractivity contribution in [1.82, 2.24) is 0 Å². The molecule has 94 valence electrons. The monoisotopic (exact) mass is 241 g/mol. The molecule has 0 aliphatic rings. The van der Waals surface area contributed by atoms with Gasteiger partial charge in [0, 0.05) is 25.3 Å². The lowest BCUT2D eigenvalue weighted by atomic mass is 10.1. The SMILES string of the molecule is Nc1cc([N+](=O)[O-])cc(CCO)c1NCCO. The number of nitro groups is 1. The number of nitrogens with zero attached hydrogens (tertiary/aromatic N) is 1. The molecule has 17 heavy (non-hydrogen) atoms. The van der Waals surface area contributed by atoms with Gasteiger partial charge in [0.15, 0.2) is 0 Å². The maximum atomic E-state index is 10.7.